The van der Waals surface area contributed by atoms with Gasteiger partial charge in [0, 0.05) is 16.7 Å². The molecule has 16 heavy (non-hydrogen) atoms. The highest BCUT2D eigenvalue weighted by molar-refractivity contribution is 5.72. The van der Waals surface area contributed by atoms with E-state index in [1.807, 2.05) is 31.2 Å². The van der Waals surface area contributed by atoms with Crippen LogP contribution >= 0.6 is 0 Å². The molecule has 0 spiro atoms. The lowest BCUT2D eigenvalue weighted by Crippen LogP contribution is -1.84. The number of benzene rings is 1. The molecule has 78 valence electrons. The fourth-order valence-corrected chi connectivity index (χ4v) is 1.38. The second-order valence-corrected chi connectivity index (χ2v) is 3.32. The van der Waals surface area contributed by atoms with E-state index in [-0.39, 0.29) is 0 Å². The molecular weight excluding hydrogens is 202 g/mol. The molecule has 1 aromatic heterocycles. The summed E-state index contributed by atoms with van der Waals surface area (Å²) in [6.07, 6.45) is 3.00. The second-order valence-electron chi connectivity index (χ2n) is 3.32. The van der Waals surface area contributed by atoms with Gasteiger partial charge >= 0.3 is 0 Å². The number of nitrogens with zero attached hydrogens (tertiary/aromatic N) is 5. The zero-order chi connectivity index (χ0) is 11.4. The van der Waals surface area contributed by atoms with E-state index in [0.29, 0.717) is 5.82 Å². The summed E-state index contributed by atoms with van der Waals surface area (Å²) < 4.78 is 0. The van der Waals surface area contributed by atoms with Crippen LogP contribution in [0.1, 0.15) is 5.56 Å². The Hall–Kier alpha value is -2.39. The van der Waals surface area contributed by atoms with Crippen LogP contribution < -0.4 is 0 Å². The van der Waals surface area contributed by atoms with Crippen molar-refractivity contribution in [3.8, 4) is 11.1 Å². The molecule has 0 saturated heterocycles. The van der Waals surface area contributed by atoms with Gasteiger partial charge in [0.15, 0.2) is 0 Å². The number of hydrogen-bond acceptors (Lipinski definition) is 3. The fraction of sp³-hybridized carbons (Fsp3) is 0.0909. The molecule has 1 aromatic carbocycles. The first-order valence-corrected chi connectivity index (χ1v) is 4.73. The smallest absolute Gasteiger partial charge is 0.137 e. The molecule has 0 aliphatic rings. The van der Waals surface area contributed by atoms with Crippen molar-refractivity contribution in [1.29, 1.82) is 0 Å². The molecular formula is C11H9N5. The Bertz CT molecular complexity index is 541. The van der Waals surface area contributed by atoms with Crippen LogP contribution in [-0.2, 0) is 0 Å². The number of rotatable bonds is 2. The average Bonchev–Trinajstić information content (AvgIpc) is 2.32. The third kappa shape index (κ3) is 1.99. The predicted molar refractivity (Wildman–Crippen MR) is 61.0 cm³/mol. The van der Waals surface area contributed by atoms with Gasteiger partial charge in [-0.25, -0.2) is 9.97 Å². The minimum atomic E-state index is 0.348. The topological polar surface area (TPSA) is 74.5 Å². The van der Waals surface area contributed by atoms with Crippen molar-refractivity contribution < 1.29 is 0 Å². The summed E-state index contributed by atoms with van der Waals surface area (Å²) in [4.78, 5) is 10.6. The van der Waals surface area contributed by atoms with E-state index in [9.17, 15) is 0 Å². The molecule has 0 N–H and O–H groups in total. The van der Waals surface area contributed by atoms with Gasteiger partial charge in [-0.05, 0) is 23.1 Å². The van der Waals surface area contributed by atoms with Crippen molar-refractivity contribution in [2.24, 2.45) is 5.11 Å². The molecule has 0 fully saturated rings. The van der Waals surface area contributed by atoms with Crippen molar-refractivity contribution in [2.75, 3.05) is 0 Å². The maximum Gasteiger partial charge on any atom is 0.137 e. The van der Waals surface area contributed by atoms with E-state index in [1.165, 1.54) is 11.9 Å². The highest BCUT2D eigenvalue weighted by atomic mass is 15.2. The van der Waals surface area contributed by atoms with Crippen LogP contribution in [0.15, 0.2) is 41.9 Å². The van der Waals surface area contributed by atoms with E-state index < -0.39 is 0 Å². The van der Waals surface area contributed by atoms with Crippen LogP contribution in [0.25, 0.3) is 21.6 Å². The van der Waals surface area contributed by atoms with Crippen molar-refractivity contribution in [3.63, 3.8) is 0 Å². The molecule has 5 heteroatoms. The summed E-state index contributed by atoms with van der Waals surface area (Å²) >= 11 is 0. The quantitative estimate of drug-likeness (QED) is 0.433. The van der Waals surface area contributed by atoms with Gasteiger partial charge < -0.3 is 0 Å². The molecule has 2 rings (SSSR count). The normalized spacial score (nSPS) is 9.56. The summed E-state index contributed by atoms with van der Waals surface area (Å²) in [6.45, 7) is 2.01. The largest absolute Gasteiger partial charge is 0.244 e. The standard InChI is InChI=1S/C11H9N5/c1-8-2-4-9(5-3-8)10-6-13-7-14-11(10)15-16-12/h2-7H,1H3. The summed E-state index contributed by atoms with van der Waals surface area (Å²) in [5.74, 6) is 0.348. The van der Waals surface area contributed by atoms with Gasteiger partial charge in [0.05, 0.1) is 0 Å². The number of azide groups is 1. The number of hydrogen-bond donors (Lipinski definition) is 0. The maximum atomic E-state index is 8.43. The van der Waals surface area contributed by atoms with Gasteiger partial charge in [0.1, 0.15) is 12.1 Å². The molecule has 2 aromatic rings. The lowest BCUT2D eigenvalue weighted by atomic mass is 10.1. The van der Waals surface area contributed by atoms with Gasteiger partial charge in [-0.15, -0.1) is 0 Å². The molecule has 5 nitrogen and oxygen atoms in total. The Morgan fingerprint density at radius 1 is 1.25 bits per heavy atom. The minimum absolute atomic E-state index is 0.348. The fourth-order valence-electron chi connectivity index (χ4n) is 1.38. The van der Waals surface area contributed by atoms with Crippen molar-refractivity contribution >= 4 is 5.82 Å². The first-order chi connectivity index (χ1) is 7.81. The monoisotopic (exact) mass is 211 g/mol. The molecule has 0 aliphatic carbocycles. The van der Waals surface area contributed by atoms with E-state index in [0.717, 1.165) is 11.1 Å². The number of aryl methyl sites for hydroxylation is 1. The molecule has 0 atom stereocenters. The van der Waals surface area contributed by atoms with E-state index >= 15 is 0 Å². The molecule has 0 radical (unpaired) electrons. The minimum Gasteiger partial charge on any atom is -0.244 e. The summed E-state index contributed by atoms with van der Waals surface area (Å²) in [5, 5.41) is 3.53. The third-order valence-electron chi connectivity index (χ3n) is 2.19. The first kappa shape index (κ1) is 10.1. The van der Waals surface area contributed by atoms with Crippen molar-refractivity contribution in [3.05, 3.63) is 52.8 Å². The van der Waals surface area contributed by atoms with Crippen LogP contribution in [0, 0.1) is 6.92 Å². The van der Waals surface area contributed by atoms with Crippen LogP contribution in [0.4, 0.5) is 5.82 Å². The molecule has 0 unspecified atom stereocenters. The lowest BCUT2D eigenvalue weighted by molar-refractivity contribution is 1.15. The molecule has 0 aliphatic heterocycles. The van der Waals surface area contributed by atoms with Gasteiger partial charge in [-0.2, -0.15) is 0 Å². The van der Waals surface area contributed by atoms with Crippen LogP contribution in [0.3, 0.4) is 0 Å². The average molecular weight is 211 g/mol. The van der Waals surface area contributed by atoms with Crippen molar-refractivity contribution in [2.45, 2.75) is 6.92 Å². The van der Waals surface area contributed by atoms with Gasteiger partial charge in [-0.3, -0.25) is 0 Å². The van der Waals surface area contributed by atoms with Crippen molar-refractivity contribution in [1.82, 2.24) is 9.97 Å². The Kier molecular flexibility index (Phi) is 2.80. The second kappa shape index (κ2) is 4.42. The Morgan fingerprint density at radius 3 is 2.69 bits per heavy atom. The van der Waals surface area contributed by atoms with Gasteiger partial charge in [0.25, 0.3) is 0 Å². The Labute approximate surface area is 92.4 Å². The summed E-state index contributed by atoms with van der Waals surface area (Å²) in [5.41, 5.74) is 11.3. The zero-order valence-corrected chi connectivity index (χ0v) is 8.70. The highest BCUT2D eigenvalue weighted by Crippen LogP contribution is 2.27. The Balaban J connectivity index is 2.55. The van der Waals surface area contributed by atoms with E-state index in [4.69, 9.17) is 5.53 Å². The van der Waals surface area contributed by atoms with Crippen LogP contribution in [0.5, 0.6) is 0 Å². The van der Waals surface area contributed by atoms with Gasteiger partial charge in [0.2, 0.25) is 0 Å². The van der Waals surface area contributed by atoms with Crippen LogP contribution in [-0.4, -0.2) is 9.97 Å². The number of aromatic nitrogens is 2. The SMILES string of the molecule is Cc1ccc(-c2cncnc2N=[N+]=[N-])cc1. The van der Waals surface area contributed by atoms with E-state index in [2.05, 4.69) is 20.0 Å². The van der Waals surface area contributed by atoms with Gasteiger partial charge in [-0.1, -0.05) is 29.8 Å². The lowest BCUT2D eigenvalue weighted by Gasteiger charge is -2.03. The highest BCUT2D eigenvalue weighted by Gasteiger charge is 2.04. The molecule has 1 heterocycles. The van der Waals surface area contributed by atoms with Crippen LogP contribution in [0.2, 0.25) is 0 Å². The summed E-state index contributed by atoms with van der Waals surface area (Å²) in [6, 6.07) is 7.87. The first-order valence-electron chi connectivity index (χ1n) is 4.73. The maximum absolute atomic E-state index is 8.43. The predicted octanol–water partition coefficient (Wildman–Crippen LogP) is 3.39. The zero-order valence-electron chi connectivity index (χ0n) is 8.70. The van der Waals surface area contributed by atoms with E-state index in [1.54, 1.807) is 6.20 Å². The molecule has 0 saturated carbocycles. The third-order valence-corrected chi connectivity index (χ3v) is 2.19. The Morgan fingerprint density at radius 2 is 2.00 bits per heavy atom. The molecule has 0 amide bonds. The molecule has 0 bridgehead atoms. The summed E-state index contributed by atoms with van der Waals surface area (Å²) in [7, 11) is 0.